The Morgan fingerprint density at radius 3 is 2.17 bits per heavy atom. The smallest absolute Gasteiger partial charge is 0.233 e. The van der Waals surface area contributed by atoms with Crippen molar-refractivity contribution in [3.63, 3.8) is 0 Å². The van der Waals surface area contributed by atoms with Crippen molar-refractivity contribution in [2.24, 2.45) is 0 Å². The van der Waals surface area contributed by atoms with Gasteiger partial charge in [0.25, 0.3) is 0 Å². The van der Waals surface area contributed by atoms with Crippen LogP contribution in [-0.4, -0.2) is 83.0 Å². The van der Waals surface area contributed by atoms with E-state index in [0.717, 1.165) is 41.8 Å². The Balaban J connectivity index is 1.44. The van der Waals surface area contributed by atoms with E-state index in [1.807, 2.05) is 43.0 Å². The molecular weight excluding hydrogens is 406 g/mol. The van der Waals surface area contributed by atoms with E-state index < -0.39 is 0 Å². The molecule has 1 aromatic carbocycles. The third-order valence-electron chi connectivity index (χ3n) is 5.27. The number of morpholine rings is 1. The molecule has 0 radical (unpaired) electrons. The molecule has 0 bridgehead atoms. The van der Waals surface area contributed by atoms with E-state index in [1.54, 1.807) is 6.92 Å². The van der Waals surface area contributed by atoms with Crippen LogP contribution in [0.2, 0.25) is 0 Å². The topological polar surface area (TPSA) is 53.1 Å². The van der Waals surface area contributed by atoms with E-state index in [2.05, 4.69) is 9.80 Å². The highest BCUT2D eigenvalue weighted by Crippen LogP contribution is 2.20. The summed E-state index contributed by atoms with van der Waals surface area (Å²) in [4.78, 5) is 30.4. The number of carbonyl (C=O) groups excluding carboxylic acids is 2. The molecule has 0 N–H and O–H groups in total. The van der Waals surface area contributed by atoms with Crippen molar-refractivity contribution in [2.75, 3.05) is 49.9 Å². The van der Waals surface area contributed by atoms with Gasteiger partial charge >= 0.3 is 0 Å². The highest BCUT2D eigenvalue weighted by atomic mass is 32.2. The summed E-state index contributed by atoms with van der Waals surface area (Å²) in [5, 5.41) is 0. The Morgan fingerprint density at radius 2 is 1.62 bits per heavy atom. The average molecular weight is 436 g/mol. The molecule has 0 spiro atoms. The number of thiocarbonyl (C=S) groups is 1. The molecule has 158 valence electrons. The fraction of sp³-hybridized carbons (Fsp3) is 0.571. The van der Waals surface area contributed by atoms with Crippen molar-refractivity contribution >= 4 is 45.7 Å². The molecule has 1 aromatic rings. The fourth-order valence-corrected chi connectivity index (χ4v) is 4.84. The zero-order valence-corrected chi connectivity index (χ0v) is 18.9. The van der Waals surface area contributed by atoms with E-state index in [0.29, 0.717) is 18.8 Å². The quantitative estimate of drug-likeness (QED) is 0.532. The van der Waals surface area contributed by atoms with Crippen molar-refractivity contribution in [1.29, 1.82) is 0 Å². The SMILES string of the molecule is CC(=O)c1ccc(N2CCN(C(=O)CSC(=S)N3CC(C)OC(C)C3)CC2)cc1. The second-order valence-corrected chi connectivity index (χ2v) is 9.30. The van der Waals surface area contributed by atoms with Crippen molar-refractivity contribution < 1.29 is 14.3 Å². The van der Waals surface area contributed by atoms with Crippen LogP contribution >= 0.6 is 24.0 Å². The van der Waals surface area contributed by atoms with Crippen LogP contribution in [0.15, 0.2) is 24.3 Å². The highest BCUT2D eigenvalue weighted by Gasteiger charge is 2.26. The minimum absolute atomic E-state index is 0.0726. The molecule has 2 fully saturated rings. The van der Waals surface area contributed by atoms with Gasteiger partial charge in [-0.3, -0.25) is 9.59 Å². The minimum Gasteiger partial charge on any atom is -0.372 e. The second kappa shape index (κ2) is 9.91. The molecule has 2 unspecified atom stereocenters. The maximum absolute atomic E-state index is 12.6. The number of benzene rings is 1. The third-order valence-corrected chi connectivity index (χ3v) is 6.78. The largest absolute Gasteiger partial charge is 0.372 e. The molecule has 6 nitrogen and oxygen atoms in total. The number of thioether (sulfide) groups is 1. The molecule has 0 saturated carbocycles. The summed E-state index contributed by atoms with van der Waals surface area (Å²) in [5.74, 6) is 0.591. The summed E-state index contributed by atoms with van der Waals surface area (Å²) < 4.78 is 6.53. The van der Waals surface area contributed by atoms with Crippen LogP contribution in [0.1, 0.15) is 31.1 Å². The number of ketones is 1. The van der Waals surface area contributed by atoms with Crippen LogP contribution in [0, 0.1) is 0 Å². The lowest BCUT2D eigenvalue weighted by atomic mass is 10.1. The summed E-state index contributed by atoms with van der Waals surface area (Å²) in [7, 11) is 0. The minimum atomic E-state index is 0.0726. The molecule has 2 atom stereocenters. The first kappa shape index (κ1) is 22.1. The summed E-state index contributed by atoms with van der Waals surface area (Å²) in [5.41, 5.74) is 1.81. The Bertz CT molecular complexity index is 738. The van der Waals surface area contributed by atoms with Gasteiger partial charge in [-0.25, -0.2) is 0 Å². The highest BCUT2D eigenvalue weighted by molar-refractivity contribution is 8.23. The Morgan fingerprint density at radius 1 is 1.03 bits per heavy atom. The van der Waals surface area contributed by atoms with Gasteiger partial charge in [0.1, 0.15) is 4.32 Å². The van der Waals surface area contributed by atoms with Gasteiger partial charge in [0.05, 0.1) is 18.0 Å². The first-order valence-corrected chi connectivity index (χ1v) is 11.4. The molecule has 0 aliphatic carbocycles. The number of rotatable bonds is 4. The van der Waals surface area contributed by atoms with Crippen LogP contribution in [-0.2, 0) is 9.53 Å². The maximum Gasteiger partial charge on any atom is 0.233 e. The Hall–Kier alpha value is -1.64. The summed E-state index contributed by atoms with van der Waals surface area (Å²) in [6.07, 6.45) is 0.316. The number of Topliss-reactive ketones (excluding diaryl/α,β-unsaturated/α-hetero) is 1. The third kappa shape index (κ3) is 5.93. The van der Waals surface area contributed by atoms with Gasteiger partial charge in [-0.05, 0) is 45.0 Å². The molecule has 2 saturated heterocycles. The molecule has 8 heteroatoms. The van der Waals surface area contributed by atoms with E-state index in [-0.39, 0.29) is 23.9 Å². The van der Waals surface area contributed by atoms with Crippen LogP contribution in [0.5, 0.6) is 0 Å². The number of carbonyl (C=O) groups is 2. The van der Waals surface area contributed by atoms with Gasteiger partial charge in [-0.2, -0.15) is 0 Å². The first-order valence-electron chi connectivity index (χ1n) is 10.0. The zero-order chi connectivity index (χ0) is 21.0. The number of ether oxygens (including phenoxy) is 1. The number of amides is 1. The number of hydrogen-bond donors (Lipinski definition) is 0. The molecular formula is C21H29N3O3S2. The van der Waals surface area contributed by atoms with E-state index in [4.69, 9.17) is 17.0 Å². The molecule has 2 aliphatic heterocycles. The molecule has 2 aliphatic rings. The van der Waals surface area contributed by atoms with Gasteiger partial charge in [0, 0.05) is 50.5 Å². The maximum atomic E-state index is 12.6. The molecule has 2 heterocycles. The van der Waals surface area contributed by atoms with Crippen LogP contribution in [0.4, 0.5) is 5.69 Å². The van der Waals surface area contributed by atoms with E-state index in [9.17, 15) is 9.59 Å². The Kier molecular flexibility index (Phi) is 7.54. The number of piperazine rings is 1. The standard InChI is InChI=1S/C21H29N3O3S2/c1-15-12-24(13-16(2)27-15)21(28)29-14-20(26)23-10-8-22(9-11-23)19-6-4-18(5-7-19)17(3)25/h4-7,15-16H,8-14H2,1-3H3. The van der Waals surface area contributed by atoms with Crippen LogP contribution in [0.25, 0.3) is 0 Å². The summed E-state index contributed by atoms with van der Waals surface area (Å²) in [6.45, 7) is 10.2. The van der Waals surface area contributed by atoms with Gasteiger partial charge in [-0.1, -0.05) is 24.0 Å². The van der Waals surface area contributed by atoms with Gasteiger partial charge < -0.3 is 19.4 Å². The van der Waals surface area contributed by atoms with Gasteiger partial charge in [0.15, 0.2) is 5.78 Å². The van der Waals surface area contributed by atoms with Gasteiger partial charge in [0.2, 0.25) is 5.91 Å². The fourth-order valence-electron chi connectivity index (χ4n) is 3.75. The van der Waals surface area contributed by atoms with Crippen molar-refractivity contribution in [3.05, 3.63) is 29.8 Å². The van der Waals surface area contributed by atoms with Crippen molar-refractivity contribution in [3.8, 4) is 0 Å². The molecule has 1 amide bonds. The molecule has 3 rings (SSSR count). The lowest BCUT2D eigenvalue weighted by Gasteiger charge is -2.37. The number of anilines is 1. The monoisotopic (exact) mass is 435 g/mol. The van der Waals surface area contributed by atoms with Crippen molar-refractivity contribution in [2.45, 2.75) is 33.0 Å². The predicted molar refractivity (Wildman–Crippen MR) is 122 cm³/mol. The van der Waals surface area contributed by atoms with Crippen molar-refractivity contribution in [1.82, 2.24) is 9.80 Å². The predicted octanol–water partition coefficient (Wildman–Crippen LogP) is 2.67. The van der Waals surface area contributed by atoms with Crippen LogP contribution < -0.4 is 4.90 Å². The Labute approximate surface area is 182 Å². The average Bonchev–Trinajstić information content (AvgIpc) is 2.71. The van der Waals surface area contributed by atoms with Gasteiger partial charge in [-0.15, -0.1) is 0 Å². The van der Waals surface area contributed by atoms with E-state index >= 15 is 0 Å². The normalized spacial score (nSPS) is 22.5. The first-order chi connectivity index (χ1) is 13.8. The second-order valence-electron chi connectivity index (χ2n) is 7.69. The van der Waals surface area contributed by atoms with Crippen LogP contribution in [0.3, 0.4) is 0 Å². The lowest BCUT2D eigenvalue weighted by Crippen LogP contribution is -2.50. The molecule has 29 heavy (non-hydrogen) atoms. The number of hydrogen-bond acceptors (Lipinski definition) is 6. The lowest BCUT2D eigenvalue weighted by molar-refractivity contribution is -0.128. The summed E-state index contributed by atoms with van der Waals surface area (Å²) in [6, 6.07) is 7.68. The van der Waals surface area contributed by atoms with E-state index in [1.165, 1.54) is 11.8 Å². The summed E-state index contributed by atoms with van der Waals surface area (Å²) >= 11 is 7.00. The molecule has 0 aromatic heterocycles. The number of nitrogens with zero attached hydrogens (tertiary/aromatic N) is 3. The zero-order valence-electron chi connectivity index (χ0n) is 17.3.